The minimum atomic E-state index is 0.0488. The van der Waals surface area contributed by atoms with Gasteiger partial charge >= 0.3 is 0 Å². The normalized spacial score (nSPS) is 13.1. The molecule has 2 heterocycles. The van der Waals surface area contributed by atoms with Crippen molar-refractivity contribution in [2.75, 3.05) is 20.6 Å². The van der Waals surface area contributed by atoms with E-state index in [9.17, 15) is 0 Å². The highest BCUT2D eigenvalue weighted by molar-refractivity contribution is 9.10. The SMILES string of the molecule is CN(C)CCn1ncc(Br)c1C(Cc1cccs1)NN. The lowest BCUT2D eigenvalue weighted by molar-refractivity contribution is 0.362. The molecular weight excluding hydrogens is 338 g/mol. The molecule has 2 rings (SSSR count). The fourth-order valence-electron chi connectivity index (χ4n) is 2.06. The zero-order valence-electron chi connectivity index (χ0n) is 11.7. The van der Waals surface area contributed by atoms with Crippen LogP contribution in [0.4, 0.5) is 0 Å². The van der Waals surface area contributed by atoms with Gasteiger partial charge in [-0.15, -0.1) is 11.3 Å². The van der Waals surface area contributed by atoms with Gasteiger partial charge < -0.3 is 4.90 Å². The molecule has 0 saturated heterocycles. The maximum absolute atomic E-state index is 5.76. The molecule has 0 aromatic carbocycles. The van der Waals surface area contributed by atoms with E-state index in [0.29, 0.717) is 0 Å². The molecule has 1 atom stereocenters. The predicted octanol–water partition coefficient (Wildman–Crippen LogP) is 2.02. The Kier molecular flexibility index (Phi) is 5.74. The lowest BCUT2D eigenvalue weighted by Gasteiger charge is -2.19. The third kappa shape index (κ3) is 3.89. The first-order chi connectivity index (χ1) is 9.61. The summed E-state index contributed by atoms with van der Waals surface area (Å²) in [5, 5.41) is 6.52. The number of hydrogen-bond donors (Lipinski definition) is 2. The van der Waals surface area contributed by atoms with Gasteiger partial charge in [0.05, 0.1) is 29.0 Å². The molecule has 2 aromatic heterocycles. The zero-order chi connectivity index (χ0) is 14.5. The molecule has 1 unspecified atom stereocenters. The first-order valence-corrected chi connectivity index (χ1v) is 8.13. The molecule has 7 heteroatoms. The number of hydrogen-bond acceptors (Lipinski definition) is 5. The number of rotatable bonds is 7. The van der Waals surface area contributed by atoms with Gasteiger partial charge in [-0.3, -0.25) is 16.0 Å². The highest BCUT2D eigenvalue weighted by atomic mass is 79.9. The number of thiophene rings is 1. The van der Waals surface area contributed by atoms with E-state index in [1.807, 2.05) is 10.9 Å². The first kappa shape index (κ1) is 15.7. The summed E-state index contributed by atoms with van der Waals surface area (Å²) >= 11 is 5.33. The average molecular weight is 358 g/mol. The topological polar surface area (TPSA) is 59.1 Å². The molecule has 0 saturated carbocycles. The molecule has 20 heavy (non-hydrogen) atoms. The van der Waals surface area contributed by atoms with Gasteiger partial charge in [-0.1, -0.05) is 6.07 Å². The van der Waals surface area contributed by atoms with Crippen molar-refractivity contribution >= 4 is 27.3 Å². The fourth-order valence-corrected chi connectivity index (χ4v) is 3.38. The van der Waals surface area contributed by atoms with E-state index in [4.69, 9.17) is 5.84 Å². The third-order valence-electron chi connectivity index (χ3n) is 3.11. The van der Waals surface area contributed by atoms with Crippen molar-refractivity contribution in [1.82, 2.24) is 20.1 Å². The van der Waals surface area contributed by atoms with Crippen LogP contribution in [0.5, 0.6) is 0 Å². The molecular formula is C13H20BrN5S. The third-order valence-corrected chi connectivity index (χ3v) is 4.62. The summed E-state index contributed by atoms with van der Waals surface area (Å²) in [6.07, 6.45) is 2.70. The second kappa shape index (κ2) is 7.33. The van der Waals surface area contributed by atoms with Gasteiger partial charge in [0.1, 0.15) is 0 Å². The number of nitrogens with two attached hydrogens (primary N) is 1. The van der Waals surface area contributed by atoms with Crippen LogP contribution in [0.15, 0.2) is 28.2 Å². The molecule has 0 spiro atoms. The number of nitrogens with zero attached hydrogens (tertiary/aromatic N) is 3. The molecule has 5 nitrogen and oxygen atoms in total. The summed E-state index contributed by atoms with van der Waals surface area (Å²) in [6, 6.07) is 4.24. The van der Waals surface area contributed by atoms with Crippen LogP contribution in [-0.2, 0) is 13.0 Å². The minimum Gasteiger partial charge on any atom is -0.308 e. The molecule has 0 aliphatic rings. The Hall–Kier alpha value is -0.730. The molecule has 3 N–H and O–H groups in total. The molecule has 0 aliphatic heterocycles. The molecule has 0 bridgehead atoms. The molecule has 110 valence electrons. The molecule has 0 amide bonds. The predicted molar refractivity (Wildman–Crippen MR) is 86.6 cm³/mol. The second-order valence-electron chi connectivity index (χ2n) is 4.91. The largest absolute Gasteiger partial charge is 0.308 e. The van der Waals surface area contributed by atoms with E-state index in [0.717, 1.165) is 29.7 Å². The van der Waals surface area contributed by atoms with Crippen molar-refractivity contribution < 1.29 is 0 Å². The Balaban J connectivity index is 2.17. The van der Waals surface area contributed by atoms with E-state index in [2.05, 4.69) is 63.0 Å². The van der Waals surface area contributed by atoms with Gasteiger partial charge in [0, 0.05) is 17.8 Å². The van der Waals surface area contributed by atoms with Gasteiger partial charge in [0.25, 0.3) is 0 Å². The summed E-state index contributed by atoms with van der Waals surface area (Å²) in [4.78, 5) is 3.45. The Morgan fingerprint density at radius 2 is 2.35 bits per heavy atom. The summed E-state index contributed by atoms with van der Waals surface area (Å²) < 4.78 is 3.01. The smallest absolute Gasteiger partial charge is 0.0713 e. The van der Waals surface area contributed by atoms with Crippen LogP contribution in [0.25, 0.3) is 0 Å². The van der Waals surface area contributed by atoms with E-state index < -0.39 is 0 Å². The van der Waals surface area contributed by atoms with Crippen LogP contribution in [0.2, 0.25) is 0 Å². The number of hydrazine groups is 1. The lowest BCUT2D eigenvalue weighted by atomic mass is 10.1. The second-order valence-corrected chi connectivity index (χ2v) is 6.79. The Bertz CT molecular complexity index is 523. The van der Waals surface area contributed by atoms with Crippen LogP contribution in [0, 0.1) is 0 Å². The summed E-state index contributed by atoms with van der Waals surface area (Å²) in [6.45, 7) is 1.79. The number of nitrogens with one attached hydrogen (secondary N) is 1. The van der Waals surface area contributed by atoms with Crippen LogP contribution < -0.4 is 11.3 Å². The van der Waals surface area contributed by atoms with Crippen molar-refractivity contribution in [3.05, 3.63) is 38.8 Å². The number of halogens is 1. The van der Waals surface area contributed by atoms with Crippen LogP contribution in [0.3, 0.4) is 0 Å². The van der Waals surface area contributed by atoms with E-state index in [1.54, 1.807) is 11.3 Å². The quantitative estimate of drug-likeness (QED) is 0.587. The molecule has 2 aromatic rings. The van der Waals surface area contributed by atoms with Gasteiger partial charge in [-0.2, -0.15) is 5.10 Å². The van der Waals surface area contributed by atoms with Crippen LogP contribution in [-0.4, -0.2) is 35.3 Å². The fraction of sp³-hybridized carbons (Fsp3) is 0.462. The van der Waals surface area contributed by atoms with Gasteiger partial charge in [0.2, 0.25) is 0 Å². The Labute approximate surface area is 131 Å². The van der Waals surface area contributed by atoms with Crippen molar-refractivity contribution in [2.24, 2.45) is 5.84 Å². The lowest BCUT2D eigenvalue weighted by Crippen LogP contribution is -2.32. The standard InChI is InChI=1S/C13H20BrN5S/c1-18(2)5-6-19-13(11(14)9-16-19)12(17-15)8-10-4-3-7-20-10/h3-4,7,9,12,17H,5-6,8,15H2,1-2H3. The maximum Gasteiger partial charge on any atom is 0.0713 e. The zero-order valence-corrected chi connectivity index (χ0v) is 14.1. The molecule has 0 aliphatic carbocycles. The number of aromatic nitrogens is 2. The van der Waals surface area contributed by atoms with Crippen LogP contribution in [0.1, 0.15) is 16.6 Å². The van der Waals surface area contributed by atoms with Crippen LogP contribution >= 0.6 is 27.3 Å². The van der Waals surface area contributed by atoms with Gasteiger partial charge in [0.15, 0.2) is 0 Å². The van der Waals surface area contributed by atoms with Crippen molar-refractivity contribution in [3.8, 4) is 0 Å². The van der Waals surface area contributed by atoms with E-state index in [-0.39, 0.29) is 6.04 Å². The summed E-state index contributed by atoms with van der Waals surface area (Å²) in [5.41, 5.74) is 4.01. The highest BCUT2D eigenvalue weighted by Crippen LogP contribution is 2.27. The Morgan fingerprint density at radius 1 is 1.55 bits per heavy atom. The first-order valence-electron chi connectivity index (χ1n) is 6.46. The number of likely N-dealkylation sites (N-methyl/N-ethyl adjacent to an activating group) is 1. The highest BCUT2D eigenvalue weighted by Gasteiger charge is 2.20. The average Bonchev–Trinajstić information content (AvgIpc) is 3.03. The monoisotopic (exact) mass is 357 g/mol. The Morgan fingerprint density at radius 3 is 2.95 bits per heavy atom. The summed E-state index contributed by atoms with van der Waals surface area (Å²) in [7, 11) is 4.12. The van der Waals surface area contributed by atoms with Crippen molar-refractivity contribution in [2.45, 2.75) is 19.0 Å². The minimum absolute atomic E-state index is 0.0488. The van der Waals surface area contributed by atoms with E-state index >= 15 is 0 Å². The maximum atomic E-state index is 5.76. The van der Waals surface area contributed by atoms with Gasteiger partial charge in [-0.25, -0.2) is 0 Å². The van der Waals surface area contributed by atoms with E-state index in [1.165, 1.54) is 4.88 Å². The molecule has 0 fully saturated rings. The van der Waals surface area contributed by atoms with Crippen molar-refractivity contribution in [3.63, 3.8) is 0 Å². The van der Waals surface area contributed by atoms with Gasteiger partial charge in [-0.05, 0) is 41.5 Å². The summed E-state index contributed by atoms with van der Waals surface area (Å²) in [5.74, 6) is 5.76. The molecule has 0 radical (unpaired) electrons. The van der Waals surface area contributed by atoms with Crippen molar-refractivity contribution in [1.29, 1.82) is 0 Å².